The second-order valence-electron chi connectivity index (χ2n) is 4.07. The van der Waals surface area contributed by atoms with Crippen LogP contribution in [-0.4, -0.2) is 15.0 Å². The van der Waals surface area contributed by atoms with E-state index in [0.717, 1.165) is 5.56 Å². The maximum Gasteiger partial charge on any atom is 0.242 e. The van der Waals surface area contributed by atoms with E-state index in [1.807, 2.05) is 30.3 Å². The Morgan fingerprint density at radius 1 is 1.05 bits per heavy atom. The normalized spacial score (nSPS) is 10.8. The van der Waals surface area contributed by atoms with Gasteiger partial charge in [-0.15, -0.1) is 0 Å². The molecule has 0 fully saturated rings. The van der Waals surface area contributed by atoms with Crippen LogP contribution in [0.15, 0.2) is 62.4 Å². The van der Waals surface area contributed by atoms with E-state index < -0.39 is 10.0 Å². The molecule has 0 saturated heterocycles. The van der Waals surface area contributed by atoms with Gasteiger partial charge in [0.2, 0.25) is 10.0 Å². The topological polar surface area (TPSA) is 46.2 Å². The second kappa shape index (κ2) is 7.23. The Bertz CT molecular complexity index is 793. The Morgan fingerprint density at radius 3 is 2.48 bits per heavy atom. The Balaban J connectivity index is 2.09. The maximum absolute atomic E-state index is 12.2. The summed E-state index contributed by atoms with van der Waals surface area (Å²) in [5.74, 6) is 5.69. The highest BCUT2D eigenvalue weighted by molar-refractivity contribution is 9.11. The van der Waals surface area contributed by atoms with Gasteiger partial charge in [0.25, 0.3) is 0 Å². The minimum atomic E-state index is -3.60. The smallest absolute Gasteiger partial charge is 0.207 e. The lowest BCUT2D eigenvalue weighted by Gasteiger charge is -2.06. The molecule has 6 heteroatoms. The van der Waals surface area contributed by atoms with Crippen molar-refractivity contribution in [3.8, 4) is 11.8 Å². The number of hydrogen-bond donors (Lipinski definition) is 1. The van der Waals surface area contributed by atoms with E-state index in [-0.39, 0.29) is 11.4 Å². The van der Waals surface area contributed by atoms with Gasteiger partial charge in [0.1, 0.15) is 0 Å². The standard InChI is InChI=1S/C15H11Br2NO2S/c16-13-8-9-14(17)15(11-13)21(19,20)18-10-4-7-12-5-2-1-3-6-12/h1-3,5-6,8-9,11,18H,10H2. The molecule has 0 spiro atoms. The van der Waals surface area contributed by atoms with Crippen LogP contribution in [0.4, 0.5) is 0 Å². The molecule has 0 unspecified atom stereocenters. The van der Waals surface area contributed by atoms with Crippen LogP contribution < -0.4 is 4.72 Å². The predicted octanol–water partition coefficient (Wildman–Crippen LogP) is 3.54. The predicted molar refractivity (Wildman–Crippen MR) is 90.4 cm³/mol. The number of hydrogen-bond acceptors (Lipinski definition) is 2. The second-order valence-corrected chi connectivity index (χ2v) is 7.57. The summed E-state index contributed by atoms with van der Waals surface area (Å²) in [7, 11) is -3.60. The molecule has 21 heavy (non-hydrogen) atoms. The number of benzene rings is 2. The first-order valence-electron chi connectivity index (χ1n) is 5.98. The summed E-state index contributed by atoms with van der Waals surface area (Å²) in [5, 5.41) is 0. The van der Waals surface area contributed by atoms with Crippen LogP contribution in [0.2, 0.25) is 0 Å². The van der Waals surface area contributed by atoms with Crippen molar-refractivity contribution in [1.82, 2.24) is 4.72 Å². The molecule has 0 heterocycles. The van der Waals surface area contributed by atoms with Gasteiger partial charge in [-0.2, -0.15) is 4.72 Å². The SMILES string of the molecule is O=S(=O)(NCC#Cc1ccccc1)c1cc(Br)ccc1Br. The van der Waals surface area contributed by atoms with E-state index >= 15 is 0 Å². The van der Waals surface area contributed by atoms with E-state index in [2.05, 4.69) is 48.4 Å². The van der Waals surface area contributed by atoms with Gasteiger partial charge in [-0.25, -0.2) is 8.42 Å². The third kappa shape index (κ3) is 4.68. The molecule has 0 amide bonds. The fourth-order valence-corrected chi connectivity index (χ4v) is 3.98. The van der Waals surface area contributed by atoms with Crippen LogP contribution in [0.1, 0.15) is 5.56 Å². The van der Waals surface area contributed by atoms with E-state index in [1.54, 1.807) is 12.1 Å². The summed E-state index contributed by atoms with van der Waals surface area (Å²) < 4.78 is 28.0. The summed E-state index contributed by atoms with van der Waals surface area (Å²) in [6.07, 6.45) is 0. The molecule has 2 rings (SSSR count). The summed E-state index contributed by atoms with van der Waals surface area (Å²) in [6.45, 7) is 0.0518. The number of halogens is 2. The highest BCUT2D eigenvalue weighted by Crippen LogP contribution is 2.25. The van der Waals surface area contributed by atoms with Crippen molar-refractivity contribution < 1.29 is 8.42 Å². The van der Waals surface area contributed by atoms with E-state index in [4.69, 9.17) is 0 Å². The van der Waals surface area contributed by atoms with Crippen LogP contribution in [0.3, 0.4) is 0 Å². The van der Waals surface area contributed by atoms with E-state index in [9.17, 15) is 8.42 Å². The van der Waals surface area contributed by atoms with Crippen molar-refractivity contribution in [1.29, 1.82) is 0 Å². The minimum Gasteiger partial charge on any atom is -0.207 e. The molecule has 0 aliphatic carbocycles. The average Bonchev–Trinajstić information content (AvgIpc) is 2.47. The quantitative estimate of drug-likeness (QED) is 0.760. The van der Waals surface area contributed by atoms with Crippen LogP contribution in [0, 0.1) is 11.8 Å². The molecule has 0 aliphatic heterocycles. The first-order chi connectivity index (χ1) is 9.99. The molecule has 0 aromatic heterocycles. The van der Waals surface area contributed by atoms with Crippen molar-refractivity contribution in [2.24, 2.45) is 0 Å². The summed E-state index contributed by atoms with van der Waals surface area (Å²) >= 11 is 6.50. The average molecular weight is 429 g/mol. The molecule has 3 nitrogen and oxygen atoms in total. The van der Waals surface area contributed by atoms with Gasteiger partial charge in [-0.1, -0.05) is 46.0 Å². The highest BCUT2D eigenvalue weighted by Gasteiger charge is 2.16. The van der Waals surface area contributed by atoms with Crippen molar-refractivity contribution in [2.45, 2.75) is 4.90 Å². The largest absolute Gasteiger partial charge is 0.242 e. The molecule has 2 aromatic rings. The van der Waals surface area contributed by atoms with Gasteiger partial charge >= 0.3 is 0 Å². The van der Waals surface area contributed by atoms with Crippen molar-refractivity contribution >= 4 is 41.9 Å². The van der Waals surface area contributed by atoms with E-state index in [1.165, 1.54) is 6.07 Å². The Kier molecular flexibility index (Phi) is 5.59. The zero-order chi connectivity index (χ0) is 15.3. The van der Waals surface area contributed by atoms with Crippen molar-refractivity contribution in [3.05, 3.63) is 63.0 Å². The minimum absolute atomic E-state index is 0.0518. The van der Waals surface area contributed by atoms with Gasteiger partial charge in [0, 0.05) is 14.5 Å². The lowest BCUT2D eigenvalue weighted by Crippen LogP contribution is -2.24. The van der Waals surface area contributed by atoms with Gasteiger partial charge in [0.15, 0.2) is 0 Å². The molecule has 108 valence electrons. The zero-order valence-electron chi connectivity index (χ0n) is 10.8. The lowest BCUT2D eigenvalue weighted by atomic mass is 10.2. The summed E-state index contributed by atoms with van der Waals surface area (Å²) in [4.78, 5) is 0.179. The fourth-order valence-electron chi connectivity index (χ4n) is 1.56. The molecule has 0 bridgehead atoms. The van der Waals surface area contributed by atoms with Crippen LogP contribution in [0.5, 0.6) is 0 Å². The van der Waals surface area contributed by atoms with Gasteiger partial charge in [-0.05, 0) is 46.3 Å². The third-order valence-electron chi connectivity index (χ3n) is 2.54. The fraction of sp³-hybridized carbons (Fsp3) is 0.0667. The maximum atomic E-state index is 12.2. The molecular weight excluding hydrogens is 418 g/mol. The number of sulfonamides is 1. The van der Waals surface area contributed by atoms with Crippen molar-refractivity contribution in [2.75, 3.05) is 6.54 Å². The Morgan fingerprint density at radius 2 is 1.76 bits per heavy atom. The molecule has 0 saturated carbocycles. The van der Waals surface area contributed by atoms with Crippen molar-refractivity contribution in [3.63, 3.8) is 0 Å². The molecule has 2 aromatic carbocycles. The summed E-state index contributed by atoms with van der Waals surface area (Å²) in [6, 6.07) is 14.4. The van der Waals surface area contributed by atoms with Gasteiger partial charge in [0.05, 0.1) is 11.4 Å². The Hall–Kier alpha value is -1.13. The van der Waals surface area contributed by atoms with Gasteiger partial charge in [-0.3, -0.25) is 0 Å². The van der Waals surface area contributed by atoms with Crippen LogP contribution >= 0.6 is 31.9 Å². The number of rotatable bonds is 3. The first-order valence-corrected chi connectivity index (χ1v) is 9.04. The molecule has 0 aliphatic rings. The molecule has 0 radical (unpaired) electrons. The number of nitrogens with one attached hydrogen (secondary N) is 1. The monoisotopic (exact) mass is 427 g/mol. The lowest BCUT2D eigenvalue weighted by molar-refractivity contribution is 0.585. The zero-order valence-corrected chi connectivity index (χ0v) is 14.8. The summed E-state index contributed by atoms with van der Waals surface area (Å²) in [5.41, 5.74) is 0.848. The first kappa shape index (κ1) is 16.2. The molecular formula is C15H11Br2NO2S. The molecule has 1 N–H and O–H groups in total. The van der Waals surface area contributed by atoms with Crippen LogP contribution in [0.25, 0.3) is 0 Å². The van der Waals surface area contributed by atoms with Crippen LogP contribution in [-0.2, 0) is 10.0 Å². The molecule has 0 atom stereocenters. The Labute approximate surface area is 141 Å². The highest BCUT2D eigenvalue weighted by atomic mass is 79.9. The van der Waals surface area contributed by atoms with Gasteiger partial charge < -0.3 is 0 Å². The van der Waals surface area contributed by atoms with E-state index in [0.29, 0.717) is 8.95 Å². The third-order valence-corrected chi connectivity index (χ3v) is 5.43.